The average molecular weight is 387 g/mol. The van der Waals surface area contributed by atoms with E-state index < -0.39 is 23.3 Å². The molecule has 2 amide bonds. The summed E-state index contributed by atoms with van der Waals surface area (Å²) >= 11 is 3.33. The summed E-state index contributed by atoms with van der Waals surface area (Å²) in [6.07, 6.45) is -2.28. The molecule has 0 aromatic heterocycles. The van der Waals surface area contributed by atoms with E-state index in [-0.39, 0.29) is 0 Å². The van der Waals surface area contributed by atoms with Crippen molar-refractivity contribution in [2.24, 2.45) is 0 Å². The van der Waals surface area contributed by atoms with Crippen molar-refractivity contribution in [1.29, 1.82) is 0 Å². The maximum atomic E-state index is 11.8. The van der Waals surface area contributed by atoms with Crippen molar-refractivity contribution in [2.75, 3.05) is 9.80 Å². The van der Waals surface area contributed by atoms with E-state index in [1.54, 1.807) is 59.7 Å². The van der Waals surface area contributed by atoms with Crippen LogP contribution in [0, 0.1) is 0 Å². The van der Waals surface area contributed by atoms with Gasteiger partial charge in [0.2, 0.25) is 0 Å². The summed E-state index contributed by atoms with van der Waals surface area (Å²) in [6, 6.07) is 4.93. The van der Waals surface area contributed by atoms with Crippen molar-refractivity contribution < 1.29 is 19.8 Å². The van der Waals surface area contributed by atoms with Gasteiger partial charge in [-0.15, -0.1) is 0 Å². The van der Waals surface area contributed by atoms with Gasteiger partial charge in [-0.05, 0) is 59.7 Å². The van der Waals surface area contributed by atoms with Crippen LogP contribution in [-0.2, 0) is 0 Å². The maximum Gasteiger partial charge on any atom is 0.412 e. The van der Waals surface area contributed by atoms with Gasteiger partial charge in [0, 0.05) is 15.6 Å². The smallest absolute Gasteiger partial charge is 0.412 e. The molecule has 0 saturated heterocycles. The normalized spacial score (nSPS) is 12.0. The Bertz CT molecular complexity index is 617. The molecular weight excluding hydrogens is 364 g/mol. The lowest BCUT2D eigenvalue weighted by atomic mass is 10.0. The Labute approximate surface area is 144 Å². The molecule has 23 heavy (non-hydrogen) atoms. The topological polar surface area (TPSA) is 81.1 Å². The van der Waals surface area contributed by atoms with Gasteiger partial charge in [0.25, 0.3) is 0 Å². The molecule has 2 N–H and O–H groups in total. The van der Waals surface area contributed by atoms with Gasteiger partial charge < -0.3 is 10.2 Å². The van der Waals surface area contributed by atoms with Crippen LogP contribution in [-0.4, -0.2) is 33.5 Å². The van der Waals surface area contributed by atoms with E-state index in [2.05, 4.69) is 15.9 Å². The fourth-order valence-corrected chi connectivity index (χ4v) is 2.72. The van der Waals surface area contributed by atoms with Crippen LogP contribution in [0.5, 0.6) is 0 Å². The van der Waals surface area contributed by atoms with E-state index in [9.17, 15) is 19.8 Å². The van der Waals surface area contributed by atoms with Gasteiger partial charge in [0.1, 0.15) is 0 Å². The molecular formula is C16H23BrN2O4. The highest BCUT2D eigenvalue weighted by Crippen LogP contribution is 2.39. The van der Waals surface area contributed by atoms with Crippen molar-refractivity contribution in [3.05, 3.63) is 22.7 Å². The van der Waals surface area contributed by atoms with Gasteiger partial charge in [0.05, 0.1) is 11.4 Å². The second-order valence-electron chi connectivity index (χ2n) is 7.21. The molecule has 1 aromatic rings. The van der Waals surface area contributed by atoms with Crippen LogP contribution in [0.15, 0.2) is 22.7 Å². The number of anilines is 2. The Kier molecular flexibility index (Phi) is 5.36. The molecule has 6 nitrogen and oxygen atoms in total. The number of benzene rings is 1. The van der Waals surface area contributed by atoms with Crippen molar-refractivity contribution in [3.63, 3.8) is 0 Å². The van der Waals surface area contributed by atoms with Crippen LogP contribution in [0.4, 0.5) is 21.0 Å². The largest absolute Gasteiger partial charge is 0.465 e. The zero-order chi connectivity index (χ0) is 18.2. The van der Waals surface area contributed by atoms with Gasteiger partial charge >= 0.3 is 12.2 Å². The highest BCUT2D eigenvalue weighted by molar-refractivity contribution is 9.10. The summed E-state index contributed by atoms with van der Waals surface area (Å²) in [7, 11) is 0. The predicted molar refractivity (Wildman–Crippen MR) is 94.7 cm³/mol. The van der Waals surface area contributed by atoms with E-state index in [0.717, 1.165) is 0 Å². The quantitative estimate of drug-likeness (QED) is 0.747. The van der Waals surface area contributed by atoms with Gasteiger partial charge in [-0.2, -0.15) is 0 Å². The summed E-state index contributed by atoms with van der Waals surface area (Å²) in [5, 5.41) is 19.3. The third kappa shape index (κ3) is 4.37. The maximum absolute atomic E-state index is 11.8. The summed E-state index contributed by atoms with van der Waals surface area (Å²) in [4.78, 5) is 25.9. The average Bonchev–Trinajstić information content (AvgIpc) is 2.27. The van der Waals surface area contributed by atoms with E-state index in [0.29, 0.717) is 15.8 Å². The summed E-state index contributed by atoms with van der Waals surface area (Å²) in [5.74, 6) is 0. The Morgan fingerprint density at radius 2 is 1.26 bits per heavy atom. The summed E-state index contributed by atoms with van der Waals surface area (Å²) in [5.41, 5.74) is -0.817. The fraction of sp³-hybridized carbons (Fsp3) is 0.500. The summed E-state index contributed by atoms with van der Waals surface area (Å²) in [6.45, 7) is 10.6. The fourth-order valence-electron chi connectivity index (χ4n) is 2.37. The van der Waals surface area contributed by atoms with Crippen LogP contribution < -0.4 is 9.80 Å². The lowest BCUT2D eigenvalue weighted by Crippen LogP contribution is -2.49. The zero-order valence-electron chi connectivity index (χ0n) is 14.2. The van der Waals surface area contributed by atoms with Gasteiger partial charge in [-0.25, -0.2) is 9.59 Å². The third-order valence-corrected chi connectivity index (χ3v) is 3.64. The minimum atomic E-state index is -1.14. The SMILES string of the molecule is CC(C)(C)N(C(=O)O)c1ccc(Br)cc1N(C(=O)O)C(C)(C)C. The van der Waals surface area contributed by atoms with Crippen molar-refractivity contribution >= 4 is 39.5 Å². The first kappa shape index (κ1) is 19.3. The number of hydrogen-bond donors (Lipinski definition) is 2. The van der Waals surface area contributed by atoms with Gasteiger partial charge in [-0.1, -0.05) is 15.9 Å². The number of hydrogen-bond acceptors (Lipinski definition) is 2. The van der Waals surface area contributed by atoms with Crippen LogP contribution in [0.2, 0.25) is 0 Å². The molecule has 0 aliphatic carbocycles. The predicted octanol–water partition coefficient (Wildman–Crippen LogP) is 5.01. The highest BCUT2D eigenvalue weighted by Gasteiger charge is 2.35. The van der Waals surface area contributed by atoms with Crippen molar-refractivity contribution in [2.45, 2.75) is 52.6 Å². The lowest BCUT2D eigenvalue weighted by molar-refractivity contribution is 0.193. The molecule has 1 rings (SSSR count). The van der Waals surface area contributed by atoms with Crippen LogP contribution in [0.3, 0.4) is 0 Å². The van der Waals surface area contributed by atoms with Crippen molar-refractivity contribution in [3.8, 4) is 0 Å². The molecule has 0 spiro atoms. The van der Waals surface area contributed by atoms with Crippen molar-refractivity contribution in [1.82, 2.24) is 0 Å². The van der Waals surface area contributed by atoms with Crippen LogP contribution in [0.25, 0.3) is 0 Å². The number of carboxylic acid groups (broad SMARTS) is 2. The molecule has 0 saturated carbocycles. The first-order valence-corrected chi connectivity index (χ1v) is 7.92. The number of nitrogens with zero attached hydrogens (tertiary/aromatic N) is 2. The van der Waals surface area contributed by atoms with E-state index >= 15 is 0 Å². The third-order valence-electron chi connectivity index (χ3n) is 3.14. The Morgan fingerprint density at radius 1 is 0.870 bits per heavy atom. The standard InChI is InChI=1S/C16H23BrN2O4/c1-15(2,3)18(13(20)21)11-8-7-10(17)9-12(11)19(14(22)23)16(4,5)6/h7-9H,1-6H3,(H,20,21)(H,22,23). The van der Waals surface area contributed by atoms with E-state index in [1.165, 1.54) is 9.80 Å². The first-order chi connectivity index (χ1) is 10.3. The summed E-state index contributed by atoms with van der Waals surface area (Å²) < 4.78 is 0.672. The van der Waals surface area contributed by atoms with Crippen LogP contribution >= 0.6 is 15.9 Å². The number of amides is 2. The molecule has 0 atom stereocenters. The molecule has 0 fully saturated rings. The second-order valence-corrected chi connectivity index (χ2v) is 8.13. The van der Waals surface area contributed by atoms with Crippen LogP contribution in [0.1, 0.15) is 41.5 Å². The molecule has 0 aliphatic heterocycles. The Balaban J connectivity index is 3.70. The van der Waals surface area contributed by atoms with E-state index in [1.807, 2.05) is 0 Å². The molecule has 0 bridgehead atoms. The Hall–Kier alpha value is -1.76. The molecule has 0 aliphatic rings. The highest BCUT2D eigenvalue weighted by atomic mass is 79.9. The number of halogens is 1. The molecule has 0 unspecified atom stereocenters. The number of rotatable bonds is 2. The second kappa shape index (κ2) is 6.39. The minimum Gasteiger partial charge on any atom is -0.465 e. The monoisotopic (exact) mass is 386 g/mol. The Morgan fingerprint density at radius 3 is 1.61 bits per heavy atom. The molecule has 0 radical (unpaired) electrons. The van der Waals surface area contributed by atoms with Gasteiger partial charge in [0.15, 0.2) is 0 Å². The molecule has 7 heteroatoms. The molecule has 128 valence electrons. The minimum absolute atomic E-state index is 0.316. The number of carbonyl (C=O) groups is 2. The van der Waals surface area contributed by atoms with E-state index in [4.69, 9.17) is 0 Å². The molecule has 1 aromatic carbocycles. The van der Waals surface area contributed by atoms with Gasteiger partial charge in [-0.3, -0.25) is 9.80 Å². The molecule has 0 heterocycles. The first-order valence-electron chi connectivity index (χ1n) is 7.12. The zero-order valence-corrected chi connectivity index (χ0v) is 15.8. The lowest BCUT2D eigenvalue weighted by Gasteiger charge is -2.39.